The number of hydrogen-bond donors (Lipinski definition) is 0. The van der Waals surface area contributed by atoms with Crippen molar-refractivity contribution >= 4 is 34.5 Å². The van der Waals surface area contributed by atoms with E-state index in [9.17, 15) is 4.79 Å². The van der Waals surface area contributed by atoms with Crippen molar-refractivity contribution in [1.29, 1.82) is 0 Å². The number of aryl methyl sites for hydroxylation is 2. The highest BCUT2D eigenvalue weighted by Gasteiger charge is 2.26. The van der Waals surface area contributed by atoms with Crippen molar-refractivity contribution in [2.24, 2.45) is 0 Å². The van der Waals surface area contributed by atoms with E-state index in [1.165, 1.54) is 28.2 Å². The fourth-order valence-corrected chi connectivity index (χ4v) is 4.83. The van der Waals surface area contributed by atoms with E-state index in [-0.39, 0.29) is 5.91 Å². The van der Waals surface area contributed by atoms with Gasteiger partial charge in [-0.05, 0) is 62.2 Å². The summed E-state index contributed by atoms with van der Waals surface area (Å²) in [7, 11) is 0. The summed E-state index contributed by atoms with van der Waals surface area (Å²) in [5.74, 6) is 0.793. The van der Waals surface area contributed by atoms with E-state index in [0.717, 1.165) is 29.5 Å². The van der Waals surface area contributed by atoms with Crippen LogP contribution in [0.25, 0.3) is 0 Å². The summed E-state index contributed by atoms with van der Waals surface area (Å²) >= 11 is 7.33. The third-order valence-corrected chi connectivity index (χ3v) is 7.07. The van der Waals surface area contributed by atoms with E-state index in [4.69, 9.17) is 16.3 Å². The molecule has 0 unspecified atom stereocenters. The lowest BCUT2D eigenvalue weighted by Gasteiger charge is -2.37. The predicted octanol–water partition coefficient (Wildman–Crippen LogP) is 5.26. The SMILES string of the molecule is Cc1cccc(N2CCN(C(=O)c3sc(COc4ccc(Cl)cc4)nc3C)CC2)c1C. The zero-order valence-electron chi connectivity index (χ0n) is 18.0. The summed E-state index contributed by atoms with van der Waals surface area (Å²) in [6.07, 6.45) is 0. The number of rotatable bonds is 5. The molecule has 2 heterocycles. The molecule has 2 aromatic carbocycles. The van der Waals surface area contributed by atoms with E-state index < -0.39 is 0 Å². The van der Waals surface area contributed by atoms with Crippen LogP contribution in [0, 0.1) is 20.8 Å². The average molecular weight is 456 g/mol. The van der Waals surface area contributed by atoms with Crippen molar-refractivity contribution in [2.45, 2.75) is 27.4 Å². The number of thiazole rings is 1. The molecule has 5 nitrogen and oxygen atoms in total. The molecule has 7 heteroatoms. The monoisotopic (exact) mass is 455 g/mol. The molecule has 162 valence electrons. The molecule has 4 rings (SSSR count). The zero-order valence-corrected chi connectivity index (χ0v) is 19.6. The number of amides is 1. The van der Waals surface area contributed by atoms with Crippen LogP contribution in [-0.4, -0.2) is 42.0 Å². The second-order valence-corrected chi connectivity index (χ2v) is 9.28. The number of aromatic nitrogens is 1. The highest BCUT2D eigenvalue weighted by Crippen LogP contribution is 2.26. The number of ether oxygens (including phenoxy) is 1. The molecule has 0 bridgehead atoms. The van der Waals surface area contributed by atoms with Crippen LogP contribution in [0.2, 0.25) is 5.02 Å². The molecule has 31 heavy (non-hydrogen) atoms. The molecule has 1 saturated heterocycles. The Bertz CT molecular complexity index is 1070. The molecule has 1 aliphatic heterocycles. The number of halogens is 1. The van der Waals surface area contributed by atoms with Crippen LogP contribution in [0.1, 0.15) is 31.5 Å². The van der Waals surface area contributed by atoms with Crippen LogP contribution in [-0.2, 0) is 6.61 Å². The molecule has 1 fully saturated rings. The maximum Gasteiger partial charge on any atom is 0.265 e. The normalized spacial score (nSPS) is 14.1. The van der Waals surface area contributed by atoms with Gasteiger partial charge >= 0.3 is 0 Å². The number of carbonyl (C=O) groups is 1. The standard InChI is InChI=1S/C24H26ClN3O2S/c1-16-5-4-6-21(17(16)2)27-11-13-28(14-12-27)24(29)23-18(3)26-22(31-23)15-30-20-9-7-19(25)8-10-20/h4-10H,11-15H2,1-3H3. The lowest BCUT2D eigenvalue weighted by Crippen LogP contribution is -2.49. The molecule has 0 atom stereocenters. The predicted molar refractivity (Wildman–Crippen MR) is 127 cm³/mol. The van der Waals surface area contributed by atoms with Gasteiger partial charge in [-0.1, -0.05) is 23.7 Å². The summed E-state index contributed by atoms with van der Waals surface area (Å²) in [4.78, 5) is 22.7. The second-order valence-electron chi connectivity index (χ2n) is 7.76. The molecule has 1 amide bonds. The van der Waals surface area contributed by atoms with Crippen LogP contribution < -0.4 is 9.64 Å². The minimum absolute atomic E-state index is 0.0633. The first-order chi connectivity index (χ1) is 14.9. The van der Waals surface area contributed by atoms with Crippen molar-refractivity contribution < 1.29 is 9.53 Å². The van der Waals surface area contributed by atoms with Crippen LogP contribution in [0.5, 0.6) is 5.75 Å². The van der Waals surface area contributed by atoms with E-state index >= 15 is 0 Å². The zero-order chi connectivity index (χ0) is 22.0. The van der Waals surface area contributed by atoms with Crippen LogP contribution in [0.15, 0.2) is 42.5 Å². The minimum atomic E-state index is 0.0633. The molecule has 1 aliphatic rings. The van der Waals surface area contributed by atoms with Gasteiger partial charge < -0.3 is 14.5 Å². The molecule has 0 spiro atoms. The molecular formula is C24H26ClN3O2S. The first kappa shape index (κ1) is 21.7. The van der Waals surface area contributed by atoms with Crippen molar-refractivity contribution in [3.63, 3.8) is 0 Å². The molecular weight excluding hydrogens is 430 g/mol. The number of anilines is 1. The Morgan fingerprint density at radius 2 is 1.77 bits per heavy atom. The maximum absolute atomic E-state index is 13.1. The van der Waals surface area contributed by atoms with Gasteiger partial charge in [0.15, 0.2) is 0 Å². The minimum Gasteiger partial charge on any atom is -0.486 e. The average Bonchev–Trinajstić information content (AvgIpc) is 3.15. The fourth-order valence-electron chi connectivity index (χ4n) is 3.76. The third kappa shape index (κ3) is 4.86. The van der Waals surface area contributed by atoms with Gasteiger partial charge in [0.05, 0.1) is 5.69 Å². The van der Waals surface area contributed by atoms with Crippen molar-refractivity contribution in [2.75, 3.05) is 31.1 Å². The van der Waals surface area contributed by atoms with E-state index in [0.29, 0.717) is 29.6 Å². The Balaban J connectivity index is 1.37. The van der Waals surface area contributed by atoms with Gasteiger partial charge in [-0.25, -0.2) is 4.98 Å². The Hall–Kier alpha value is -2.57. The summed E-state index contributed by atoms with van der Waals surface area (Å²) < 4.78 is 5.78. The Morgan fingerprint density at radius 3 is 2.48 bits per heavy atom. The molecule has 0 N–H and O–H groups in total. The number of nitrogens with zero attached hydrogens (tertiary/aromatic N) is 3. The van der Waals surface area contributed by atoms with E-state index in [2.05, 4.69) is 41.9 Å². The lowest BCUT2D eigenvalue weighted by molar-refractivity contribution is 0.0750. The number of carbonyl (C=O) groups excluding carboxylic acids is 1. The Morgan fingerprint density at radius 1 is 1.06 bits per heavy atom. The van der Waals surface area contributed by atoms with E-state index in [1.54, 1.807) is 12.1 Å². The summed E-state index contributed by atoms with van der Waals surface area (Å²) in [6.45, 7) is 9.61. The first-order valence-electron chi connectivity index (χ1n) is 10.4. The van der Waals surface area contributed by atoms with E-state index in [1.807, 2.05) is 24.0 Å². The fraction of sp³-hybridized carbons (Fsp3) is 0.333. The summed E-state index contributed by atoms with van der Waals surface area (Å²) in [5.41, 5.74) is 4.64. The number of benzene rings is 2. The smallest absolute Gasteiger partial charge is 0.265 e. The maximum atomic E-state index is 13.1. The molecule has 0 saturated carbocycles. The van der Waals surface area contributed by atoms with Crippen molar-refractivity contribution in [1.82, 2.24) is 9.88 Å². The molecule has 3 aromatic rings. The Labute approximate surface area is 192 Å². The molecule has 0 aliphatic carbocycles. The van der Waals surface area contributed by atoms with Gasteiger partial charge in [0.1, 0.15) is 22.2 Å². The second kappa shape index (κ2) is 9.28. The summed E-state index contributed by atoms with van der Waals surface area (Å²) in [5, 5.41) is 1.47. The van der Waals surface area contributed by atoms with Gasteiger partial charge in [-0.15, -0.1) is 11.3 Å². The number of hydrogen-bond acceptors (Lipinski definition) is 5. The van der Waals surface area contributed by atoms with Crippen molar-refractivity contribution in [3.8, 4) is 5.75 Å². The van der Waals surface area contributed by atoms with Gasteiger partial charge in [-0.3, -0.25) is 4.79 Å². The largest absolute Gasteiger partial charge is 0.486 e. The highest BCUT2D eigenvalue weighted by atomic mass is 35.5. The molecule has 0 radical (unpaired) electrons. The highest BCUT2D eigenvalue weighted by molar-refractivity contribution is 7.13. The quantitative estimate of drug-likeness (QED) is 0.526. The topological polar surface area (TPSA) is 45.7 Å². The number of piperazine rings is 1. The van der Waals surface area contributed by atoms with Gasteiger partial charge in [0.2, 0.25) is 0 Å². The van der Waals surface area contributed by atoms with Gasteiger partial charge in [0.25, 0.3) is 5.91 Å². The first-order valence-corrected chi connectivity index (χ1v) is 11.6. The third-order valence-electron chi connectivity index (χ3n) is 5.69. The van der Waals surface area contributed by atoms with Crippen LogP contribution >= 0.6 is 22.9 Å². The summed E-state index contributed by atoms with van der Waals surface area (Å²) in [6, 6.07) is 13.6. The van der Waals surface area contributed by atoms with Crippen molar-refractivity contribution in [3.05, 3.63) is 74.2 Å². The Kier molecular flexibility index (Phi) is 6.49. The van der Waals surface area contributed by atoms with Gasteiger partial charge in [0, 0.05) is 36.9 Å². The van der Waals surface area contributed by atoms with Crippen LogP contribution in [0.3, 0.4) is 0 Å². The molecule has 1 aromatic heterocycles. The van der Waals surface area contributed by atoms with Gasteiger partial charge in [-0.2, -0.15) is 0 Å². The lowest BCUT2D eigenvalue weighted by atomic mass is 10.1. The van der Waals surface area contributed by atoms with Crippen LogP contribution in [0.4, 0.5) is 5.69 Å².